The van der Waals surface area contributed by atoms with E-state index in [0.29, 0.717) is 20.9 Å². The zero-order chi connectivity index (χ0) is 18.0. The van der Waals surface area contributed by atoms with Crippen LogP contribution >= 0.6 is 23.2 Å². The fourth-order valence-corrected chi connectivity index (χ4v) is 2.64. The second kappa shape index (κ2) is 7.16. The number of carbonyl (C=O) groups is 1. The van der Waals surface area contributed by atoms with Crippen LogP contribution in [0, 0.1) is 11.6 Å². The molecule has 5 nitrogen and oxygen atoms in total. The van der Waals surface area contributed by atoms with E-state index in [0.717, 1.165) is 18.2 Å². The highest BCUT2D eigenvalue weighted by molar-refractivity contribution is 6.38. The third-order valence-electron chi connectivity index (χ3n) is 3.16. The molecule has 0 spiro atoms. The van der Waals surface area contributed by atoms with Crippen molar-refractivity contribution in [2.24, 2.45) is 0 Å². The van der Waals surface area contributed by atoms with E-state index in [4.69, 9.17) is 27.9 Å². The molecule has 0 bridgehead atoms. The Hall–Kier alpha value is -2.51. The van der Waals surface area contributed by atoms with Gasteiger partial charge in [-0.05, 0) is 24.3 Å². The summed E-state index contributed by atoms with van der Waals surface area (Å²) in [6.07, 6.45) is 1.22. The predicted molar refractivity (Wildman–Crippen MR) is 90.0 cm³/mol. The number of benzene rings is 2. The molecule has 1 aromatic heterocycles. The van der Waals surface area contributed by atoms with E-state index < -0.39 is 24.1 Å². The minimum Gasteiger partial charge on any atom is -0.467 e. The summed E-state index contributed by atoms with van der Waals surface area (Å²) in [7, 11) is 0. The predicted octanol–water partition coefficient (Wildman–Crippen LogP) is 4.23. The maximum absolute atomic E-state index is 13.5. The number of hydrogen-bond donors (Lipinski definition) is 1. The molecule has 0 saturated carbocycles. The molecular weight excluding hydrogens is 375 g/mol. The highest BCUT2D eigenvalue weighted by atomic mass is 35.5. The normalized spacial score (nSPS) is 10.7. The van der Waals surface area contributed by atoms with E-state index in [9.17, 15) is 13.6 Å². The van der Waals surface area contributed by atoms with E-state index in [1.807, 2.05) is 0 Å². The number of halogens is 4. The molecule has 0 unspecified atom stereocenters. The molecule has 3 aromatic rings. The first-order valence-electron chi connectivity index (χ1n) is 6.91. The third kappa shape index (κ3) is 3.94. The molecule has 0 aliphatic rings. The number of amides is 1. The van der Waals surface area contributed by atoms with Gasteiger partial charge in [-0.25, -0.2) is 18.7 Å². The summed E-state index contributed by atoms with van der Waals surface area (Å²) in [5.41, 5.74) is 0.125. The van der Waals surface area contributed by atoms with Crippen LogP contribution in [0.25, 0.3) is 10.9 Å². The van der Waals surface area contributed by atoms with E-state index >= 15 is 0 Å². The van der Waals surface area contributed by atoms with Gasteiger partial charge in [0.2, 0.25) is 5.88 Å². The van der Waals surface area contributed by atoms with Gasteiger partial charge in [0.25, 0.3) is 5.91 Å². The average Bonchev–Trinajstić information content (AvgIpc) is 2.56. The molecule has 0 radical (unpaired) electrons. The number of rotatable bonds is 4. The first-order valence-corrected chi connectivity index (χ1v) is 7.67. The van der Waals surface area contributed by atoms with Crippen LogP contribution in [-0.4, -0.2) is 22.5 Å². The first-order chi connectivity index (χ1) is 11.9. The minimum absolute atomic E-state index is 0.0873. The maximum atomic E-state index is 13.5. The van der Waals surface area contributed by atoms with Gasteiger partial charge in [-0.3, -0.25) is 4.79 Å². The first kappa shape index (κ1) is 17.3. The van der Waals surface area contributed by atoms with Gasteiger partial charge in [-0.1, -0.05) is 23.2 Å². The van der Waals surface area contributed by atoms with Gasteiger partial charge in [0.15, 0.2) is 6.61 Å². The van der Waals surface area contributed by atoms with Crippen LogP contribution in [0.2, 0.25) is 10.0 Å². The highest BCUT2D eigenvalue weighted by Crippen LogP contribution is 2.30. The Morgan fingerprint density at radius 3 is 2.76 bits per heavy atom. The zero-order valence-electron chi connectivity index (χ0n) is 12.4. The second-order valence-electron chi connectivity index (χ2n) is 4.92. The minimum atomic E-state index is -0.763. The van der Waals surface area contributed by atoms with E-state index in [2.05, 4.69) is 15.3 Å². The lowest BCUT2D eigenvalue weighted by Gasteiger charge is -2.10. The summed E-state index contributed by atoms with van der Waals surface area (Å²) in [6, 6.07) is 5.78. The van der Waals surface area contributed by atoms with Crippen LogP contribution in [0.4, 0.5) is 14.5 Å². The van der Waals surface area contributed by atoms with Crippen molar-refractivity contribution in [2.45, 2.75) is 0 Å². The van der Waals surface area contributed by atoms with Crippen molar-refractivity contribution >= 4 is 45.7 Å². The Morgan fingerprint density at radius 2 is 1.96 bits per heavy atom. The van der Waals surface area contributed by atoms with Gasteiger partial charge in [0.05, 0.1) is 21.6 Å². The Labute approximate surface area is 150 Å². The van der Waals surface area contributed by atoms with Gasteiger partial charge >= 0.3 is 0 Å². The van der Waals surface area contributed by atoms with E-state index in [-0.39, 0.29) is 11.6 Å². The van der Waals surface area contributed by atoms with Crippen molar-refractivity contribution in [3.63, 3.8) is 0 Å². The molecule has 3 rings (SSSR count). The van der Waals surface area contributed by atoms with Crippen LogP contribution in [0.15, 0.2) is 36.7 Å². The molecule has 0 fully saturated rings. The molecule has 128 valence electrons. The largest absolute Gasteiger partial charge is 0.467 e. The molecule has 1 heterocycles. The Balaban J connectivity index is 1.76. The molecule has 0 atom stereocenters. The standard InChI is InChI=1S/C16H9Cl2F2N3O2/c17-8-3-10-15(11(18)4-8)21-7-22-16(10)25-6-14(24)23-13-5-9(19)1-2-12(13)20/h1-5,7H,6H2,(H,23,24). The fourth-order valence-electron chi connectivity index (χ4n) is 2.10. The molecule has 2 aromatic carbocycles. The smallest absolute Gasteiger partial charge is 0.262 e. The zero-order valence-corrected chi connectivity index (χ0v) is 13.9. The van der Waals surface area contributed by atoms with Gasteiger partial charge < -0.3 is 10.1 Å². The number of carbonyl (C=O) groups excluding carboxylic acids is 1. The van der Waals surface area contributed by atoms with Crippen molar-refractivity contribution in [1.82, 2.24) is 9.97 Å². The number of ether oxygens (including phenoxy) is 1. The number of fused-ring (bicyclic) bond motifs is 1. The van der Waals surface area contributed by atoms with Crippen molar-refractivity contribution in [3.05, 3.63) is 58.3 Å². The number of nitrogens with zero attached hydrogens (tertiary/aromatic N) is 2. The second-order valence-corrected chi connectivity index (χ2v) is 5.77. The maximum Gasteiger partial charge on any atom is 0.262 e. The number of aromatic nitrogens is 2. The average molecular weight is 384 g/mol. The van der Waals surface area contributed by atoms with Crippen molar-refractivity contribution in [1.29, 1.82) is 0 Å². The SMILES string of the molecule is O=C(COc1ncnc2c(Cl)cc(Cl)cc12)Nc1cc(F)ccc1F. The lowest BCUT2D eigenvalue weighted by molar-refractivity contribution is -0.118. The van der Waals surface area contributed by atoms with Crippen LogP contribution in [-0.2, 0) is 4.79 Å². The number of nitrogens with one attached hydrogen (secondary N) is 1. The van der Waals surface area contributed by atoms with Crippen LogP contribution in [0.1, 0.15) is 0 Å². The van der Waals surface area contributed by atoms with Gasteiger partial charge in [-0.15, -0.1) is 0 Å². The molecule has 1 amide bonds. The fraction of sp³-hybridized carbons (Fsp3) is 0.0625. The summed E-state index contributed by atoms with van der Waals surface area (Å²) >= 11 is 12.0. The Kier molecular flexibility index (Phi) is 4.96. The lowest BCUT2D eigenvalue weighted by Crippen LogP contribution is -2.21. The van der Waals surface area contributed by atoms with Crippen molar-refractivity contribution in [2.75, 3.05) is 11.9 Å². The van der Waals surface area contributed by atoms with Crippen LogP contribution < -0.4 is 10.1 Å². The summed E-state index contributed by atoms with van der Waals surface area (Å²) in [5, 5.41) is 3.30. The highest BCUT2D eigenvalue weighted by Gasteiger charge is 2.13. The monoisotopic (exact) mass is 383 g/mol. The van der Waals surface area contributed by atoms with Gasteiger partial charge in [-0.2, -0.15) is 0 Å². The summed E-state index contributed by atoms with van der Waals surface area (Å²) in [4.78, 5) is 19.9. The molecular formula is C16H9Cl2F2N3O2. The lowest BCUT2D eigenvalue weighted by atomic mass is 10.2. The molecule has 0 aliphatic carbocycles. The molecule has 25 heavy (non-hydrogen) atoms. The van der Waals surface area contributed by atoms with Crippen LogP contribution in [0.5, 0.6) is 5.88 Å². The number of hydrogen-bond acceptors (Lipinski definition) is 4. The topological polar surface area (TPSA) is 64.1 Å². The Morgan fingerprint density at radius 1 is 1.16 bits per heavy atom. The molecule has 9 heteroatoms. The number of anilines is 1. The summed E-state index contributed by atoms with van der Waals surface area (Å²) in [6.45, 7) is -0.480. The Bertz CT molecular complexity index is 970. The summed E-state index contributed by atoms with van der Waals surface area (Å²) in [5.74, 6) is -2.04. The third-order valence-corrected chi connectivity index (χ3v) is 3.67. The quantitative estimate of drug-likeness (QED) is 0.731. The van der Waals surface area contributed by atoms with Crippen molar-refractivity contribution < 1.29 is 18.3 Å². The van der Waals surface area contributed by atoms with Crippen molar-refractivity contribution in [3.8, 4) is 5.88 Å². The summed E-state index contributed by atoms with van der Waals surface area (Å²) < 4.78 is 32.0. The van der Waals surface area contributed by atoms with Gasteiger partial charge in [0.1, 0.15) is 18.0 Å². The van der Waals surface area contributed by atoms with Gasteiger partial charge in [0, 0.05) is 11.1 Å². The molecule has 0 saturated heterocycles. The van der Waals surface area contributed by atoms with E-state index in [1.54, 1.807) is 6.07 Å². The molecule has 1 N–H and O–H groups in total. The van der Waals surface area contributed by atoms with E-state index in [1.165, 1.54) is 12.4 Å². The van der Waals surface area contributed by atoms with Crippen LogP contribution in [0.3, 0.4) is 0 Å². The molecule has 0 aliphatic heterocycles.